The second kappa shape index (κ2) is 8.84. The maximum Gasteiger partial charge on any atom is 0.259 e. The number of aryl methyl sites for hydroxylation is 2. The molecule has 4 heterocycles. The predicted octanol–water partition coefficient (Wildman–Crippen LogP) is 4.92. The maximum atomic E-state index is 13.7. The van der Waals surface area contributed by atoms with Crippen molar-refractivity contribution in [1.82, 2.24) is 19.9 Å². The Hall–Kier alpha value is -3.03. The minimum absolute atomic E-state index is 0.0271. The number of pyridine rings is 1. The van der Waals surface area contributed by atoms with Crippen LogP contribution in [0.1, 0.15) is 33.6 Å². The molecule has 3 aromatic heterocycles. The standard InChI is InChI=1S/C25H26N4O2S/c1-17-7-3-4-8-19(17)16-28-10-6-11-29(13-12-28)25(30)20-15-21(22-9-5-14-32-22)26-24-23(20)18(2)27-31-24/h3-5,7-9,14-15H,6,10-13,16H2,1-2H3. The highest BCUT2D eigenvalue weighted by atomic mass is 32.1. The van der Waals surface area contributed by atoms with Gasteiger partial charge in [0.15, 0.2) is 0 Å². The van der Waals surface area contributed by atoms with Gasteiger partial charge >= 0.3 is 0 Å². The van der Waals surface area contributed by atoms with Crippen LogP contribution in [-0.2, 0) is 6.54 Å². The number of amides is 1. The Morgan fingerprint density at radius 3 is 2.78 bits per heavy atom. The SMILES string of the molecule is Cc1ccccc1CN1CCCN(C(=O)c2cc(-c3cccs3)nc3onc(C)c23)CC1. The first-order valence-electron chi connectivity index (χ1n) is 11.0. The summed E-state index contributed by atoms with van der Waals surface area (Å²) in [5.74, 6) is 0.0271. The van der Waals surface area contributed by atoms with Gasteiger partial charge in [0.1, 0.15) is 0 Å². The largest absolute Gasteiger partial charge is 0.337 e. The van der Waals surface area contributed by atoms with Crippen molar-refractivity contribution in [2.75, 3.05) is 26.2 Å². The number of hydrogen-bond acceptors (Lipinski definition) is 6. The van der Waals surface area contributed by atoms with Gasteiger partial charge in [-0.3, -0.25) is 9.69 Å². The van der Waals surface area contributed by atoms with Gasteiger partial charge in [-0.1, -0.05) is 35.5 Å². The van der Waals surface area contributed by atoms with Gasteiger partial charge in [-0.25, -0.2) is 4.98 Å². The van der Waals surface area contributed by atoms with Crippen LogP contribution in [0.3, 0.4) is 0 Å². The van der Waals surface area contributed by atoms with Crippen molar-refractivity contribution in [3.63, 3.8) is 0 Å². The molecule has 1 saturated heterocycles. The monoisotopic (exact) mass is 446 g/mol. The topological polar surface area (TPSA) is 62.5 Å². The number of nitrogens with zero attached hydrogens (tertiary/aromatic N) is 4. The maximum absolute atomic E-state index is 13.7. The summed E-state index contributed by atoms with van der Waals surface area (Å²) in [6.45, 7) is 8.22. The van der Waals surface area contributed by atoms with Crippen LogP contribution in [0.15, 0.2) is 52.4 Å². The smallest absolute Gasteiger partial charge is 0.259 e. The zero-order chi connectivity index (χ0) is 22.1. The normalized spacial score (nSPS) is 15.2. The van der Waals surface area contributed by atoms with Gasteiger partial charge in [0.2, 0.25) is 0 Å². The second-order valence-corrected chi connectivity index (χ2v) is 9.28. The lowest BCUT2D eigenvalue weighted by Crippen LogP contribution is -2.35. The third-order valence-electron chi connectivity index (χ3n) is 6.15. The highest BCUT2D eigenvalue weighted by Gasteiger charge is 2.25. The average molecular weight is 447 g/mol. The van der Waals surface area contributed by atoms with Crippen molar-refractivity contribution in [1.29, 1.82) is 0 Å². The molecule has 0 N–H and O–H groups in total. The lowest BCUT2D eigenvalue weighted by Gasteiger charge is -2.23. The summed E-state index contributed by atoms with van der Waals surface area (Å²) in [6.07, 6.45) is 0.951. The van der Waals surface area contributed by atoms with Crippen LogP contribution in [0.4, 0.5) is 0 Å². The average Bonchev–Trinajstić information content (AvgIpc) is 3.40. The molecule has 0 radical (unpaired) electrons. The van der Waals surface area contributed by atoms with Gasteiger partial charge in [0.05, 0.1) is 27.2 Å². The van der Waals surface area contributed by atoms with Crippen molar-refractivity contribution in [2.45, 2.75) is 26.8 Å². The molecule has 6 nitrogen and oxygen atoms in total. The van der Waals surface area contributed by atoms with E-state index in [9.17, 15) is 4.79 Å². The van der Waals surface area contributed by atoms with Crippen molar-refractivity contribution in [3.05, 3.63) is 70.2 Å². The molecule has 0 unspecified atom stereocenters. The first-order chi connectivity index (χ1) is 15.6. The number of rotatable bonds is 4. The number of thiophene rings is 1. The Morgan fingerprint density at radius 2 is 1.97 bits per heavy atom. The summed E-state index contributed by atoms with van der Waals surface area (Å²) in [5.41, 5.74) is 5.17. The number of benzene rings is 1. The fourth-order valence-electron chi connectivity index (χ4n) is 4.34. The molecule has 1 amide bonds. The molecule has 1 aromatic carbocycles. The van der Waals surface area contributed by atoms with Gasteiger partial charge in [0, 0.05) is 32.7 Å². The molecule has 32 heavy (non-hydrogen) atoms. The van der Waals surface area contributed by atoms with Gasteiger partial charge in [-0.15, -0.1) is 11.3 Å². The van der Waals surface area contributed by atoms with E-state index in [1.807, 2.05) is 35.4 Å². The molecule has 5 rings (SSSR count). The number of aromatic nitrogens is 2. The first kappa shape index (κ1) is 20.8. The zero-order valence-corrected chi connectivity index (χ0v) is 19.2. The molecule has 1 aliphatic heterocycles. The van der Waals surface area contributed by atoms with E-state index in [-0.39, 0.29) is 5.91 Å². The Labute approximate surface area is 191 Å². The van der Waals surface area contributed by atoms with Crippen LogP contribution >= 0.6 is 11.3 Å². The van der Waals surface area contributed by atoms with E-state index < -0.39 is 0 Å². The van der Waals surface area contributed by atoms with E-state index in [0.29, 0.717) is 23.5 Å². The molecular formula is C25H26N4O2S. The van der Waals surface area contributed by atoms with Gasteiger partial charge in [-0.05, 0) is 48.9 Å². The quantitative estimate of drug-likeness (QED) is 0.445. The van der Waals surface area contributed by atoms with Crippen LogP contribution in [-0.4, -0.2) is 52.0 Å². The minimum atomic E-state index is 0.0271. The fourth-order valence-corrected chi connectivity index (χ4v) is 5.03. The molecule has 7 heteroatoms. The molecule has 0 spiro atoms. The molecule has 0 atom stereocenters. The van der Waals surface area contributed by atoms with Gasteiger partial charge in [0.25, 0.3) is 11.6 Å². The van der Waals surface area contributed by atoms with E-state index in [4.69, 9.17) is 4.52 Å². The van der Waals surface area contributed by atoms with Crippen molar-refractivity contribution >= 4 is 28.3 Å². The van der Waals surface area contributed by atoms with Crippen LogP contribution in [0.2, 0.25) is 0 Å². The molecular weight excluding hydrogens is 420 g/mol. The summed E-state index contributed by atoms with van der Waals surface area (Å²) >= 11 is 1.60. The molecule has 164 valence electrons. The molecule has 1 fully saturated rings. The van der Waals surface area contributed by atoms with E-state index in [1.54, 1.807) is 11.3 Å². The van der Waals surface area contributed by atoms with Crippen LogP contribution in [0.5, 0.6) is 0 Å². The number of carbonyl (C=O) groups excluding carboxylic acids is 1. The summed E-state index contributed by atoms with van der Waals surface area (Å²) < 4.78 is 5.45. The van der Waals surface area contributed by atoms with Crippen molar-refractivity contribution in [2.24, 2.45) is 0 Å². The van der Waals surface area contributed by atoms with Crippen LogP contribution in [0, 0.1) is 13.8 Å². The summed E-state index contributed by atoms with van der Waals surface area (Å²) in [6, 6.07) is 14.4. The molecule has 1 aliphatic rings. The van der Waals surface area contributed by atoms with E-state index in [0.717, 1.165) is 48.6 Å². The Balaban J connectivity index is 1.39. The van der Waals surface area contributed by atoms with Crippen molar-refractivity contribution < 1.29 is 9.32 Å². The first-order valence-corrected chi connectivity index (χ1v) is 11.8. The highest BCUT2D eigenvalue weighted by molar-refractivity contribution is 7.13. The third kappa shape index (κ3) is 4.06. The lowest BCUT2D eigenvalue weighted by atomic mass is 10.1. The third-order valence-corrected chi connectivity index (χ3v) is 7.04. The van der Waals surface area contributed by atoms with Gasteiger partial charge < -0.3 is 9.42 Å². The lowest BCUT2D eigenvalue weighted by molar-refractivity contribution is 0.0763. The fraction of sp³-hybridized carbons (Fsp3) is 0.320. The van der Waals surface area contributed by atoms with Crippen LogP contribution < -0.4 is 0 Å². The van der Waals surface area contributed by atoms with Crippen LogP contribution in [0.25, 0.3) is 21.7 Å². The highest BCUT2D eigenvalue weighted by Crippen LogP contribution is 2.30. The summed E-state index contributed by atoms with van der Waals surface area (Å²) in [4.78, 5) is 23.7. The van der Waals surface area contributed by atoms with E-state index >= 15 is 0 Å². The number of carbonyl (C=O) groups is 1. The van der Waals surface area contributed by atoms with Crippen molar-refractivity contribution in [3.8, 4) is 10.6 Å². The van der Waals surface area contributed by atoms with E-state index in [2.05, 4.69) is 46.2 Å². The molecule has 0 aliphatic carbocycles. The van der Waals surface area contributed by atoms with Gasteiger partial charge in [-0.2, -0.15) is 0 Å². The molecule has 0 saturated carbocycles. The Kier molecular flexibility index (Phi) is 5.76. The Morgan fingerprint density at radius 1 is 1.09 bits per heavy atom. The Bertz CT molecular complexity index is 1250. The van der Waals surface area contributed by atoms with E-state index in [1.165, 1.54) is 11.1 Å². The zero-order valence-electron chi connectivity index (χ0n) is 18.4. The predicted molar refractivity (Wildman–Crippen MR) is 127 cm³/mol. The molecule has 0 bridgehead atoms. The molecule has 4 aromatic rings. The summed E-state index contributed by atoms with van der Waals surface area (Å²) in [5, 5.41) is 6.80. The summed E-state index contributed by atoms with van der Waals surface area (Å²) in [7, 11) is 0. The second-order valence-electron chi connectivity index (χ2n) is 8.33. The number of hydrogen-bond donors (Lipinski definition) is 0. The number of fused-ring (bicyclic) bond motifs is 1. The minimum Gasteiger partial charge on any atom is -0.337 e.